The molecule has 0 spiro atoms. The molecule has 2 aromatic carbocycles. The van der Waals surface area contributed by atoms with Crippen LogP contribution in [0.4, 0.5) is 15.1 Å². The standard InChI is InChI=1S/C26H25FN6O2/c27-20-8-6-19(7-9-20)23-24(22-10-13-28-25(30-22)31-26(34)35)33(17-29-23)21-11-14-32(15-12-21)16-18-4-2-1-3-5-18/h1-10,13,17,21H,11-12,14-16H2,(H,34,35)(H,28,30,31). The number of carboxylic acid groups (broad SMARTS) is 1. The van der Waals surface area contributed by atoms with Crippen LogP contribution in [0.2, 0.25) is 0 Å². The van der Waals surface area contributed by atoms with Crippen molar-refractivity contribution in [3.8, 4) is 22.6 Å². The van der Waals surface area contributed by atoms with Gasteiger partial charge in [0.15, 0.2) is 0 Å². The Morgan fingerprint density at radius 2 is 1.77 bits per heavy atom. The van der Waals surface area contributed by atoms with E-state index >= 15 is 0 Å². The zero-order valence-electron chi connectivity index (χ0n) is 19.0. The first-order valence-electron chi connectivity index (χ1n) is 11.5. The molecule has 1 amide bonds. The molecule has 178 valence electrons. The van der Waals surface area contributed by atoms with Gasteiger partial charge < -0.3 is 9.67 Å². The third-order valence-electron chi connectivity index (χ3n) is 6.23. The second kappa shape index (κ2) is 10.0. The lowest BCUT2D eigenvalue weighted by Crippen LogP contribution is -2.34. The van der Waals surface area contributed by atoms with Gasteiger partial charge in [-0.2, -0.15) is 0 Å². The van der Waals surface area contributed by atoms with Gasteiger partial charge in [0.05, 0.1) is 23.4 Å². The number of aromatic nitrogens is 4. The zero-order valence-corrected chi connectivity index (χ0v) is 19.0. The van der Waals surface area contributed by atoms with Gasteiger partial charge in [0.1, 0.15) is 5.82 Å². The molecular formula is C26H25FN6O2. The molecule has 0 aliphatic carbocycles. The number of hydrogen-bond donors (Lipinski definition) is 2. The van der Waals surface area contributed by atoms with Crippen molar-refractivity contribution in [2.45, 2.75) is 25.4 Å². The smallest absolute Gasteiger partial charge is 0.411 e. The molecule has 0 unspecified atom stereocenters. The first-order chi connectivity index (χ1) is 17.1. The number of hydrogen-bond acceptors (Lipinski definition) is 5. The average Bonchev–Trinajstić information content (AvgIpc) is 3.31. The SMILES string of the molecule is O=C(O)Nc1nccc(-c2c(-c3ccc(F)cc3)ncn2C2CCN(Cc3ccccc3)CC2)n1. The molecule has 0 radical (unpaired) electrons. The van der Waals surface area contributed by atoms with E-state index in [9.17, 15) is 9.18 Å². The van der Waals surface area contributed by atoms with Crippen LogP contribution in [-0.2, 0) is 6.54 Å². The minimum atomic E-state index is -1.24. The summed E-state index contributed by atoms with van der Waals surface area (Å²) in [5.41, 5.74) is 4.03. The maximum atomic E-state index is 13.6. The van der Waals surface area contributed by atoms with Crippen molar-refractivity contribution in [3.63, 3.8) is 0 Å². The summed E-state index contributed by atoms with van der Waals surface area (Å²) >= 11 is 0. The Kier molecular flexibility index (Phi) is 6.49. The number of carbonyl (C=O) groups is 1. The van der Waals surface area contributed by atoms with Crippen LogP contribution < -0.4 is 5.32 Å². The second-order valence-corrected chi connectivity index (χ2v) is 8.54. The van der Waals surface area contributed by atoms with Gasteiger partial charge >= 0.3 is 6.09 Å². The third kappa shape index (κ3) is 5.20. The van der Waals surface area contributed by atoms with E-state index in [4.69, 9.17) is 5.11 Å². The van der Waals surface area contributed by atoms with Crippen molar-refractivity contribution in [1.29, 1.82) is 0 Å². The van der Waals surface area contributed by atoms with Crippen LogP contribution in [0.15, 0.2) is 73.2 Å². The summed E-state index contributed by atoms with van der Waals surface area (Å²) in [6.45, 7) is 2.80. The molecule has 0 atom stereocenters. The molecule has 8 nitrogen and oxygen atoms in total. The summed E-state index contributed by atoms with van der Waals surface area (Å²) in [7, 11) is 0. The fraction of sp³-hybridized carbons (Fsp3) is 0.231. The molecule has 1 saturated heterocycles. The molecular weight excluding hydrogens is 447 g/mol. The van der Waals surface area contributed by atoms with Gasteiger partial charge in [-0.3, -0.25) is 10.2 Å². The molecule has 35 heavy (non-hydrogen) atoms. The highest BCUT2D eigenvalue weighted by atomic mass is 19.1. The number of benzene rings is 2. The summed E-state index contributed by atoms with van der Waals surface area (Å²) in [5.74, 6) is -0.332. The van der Waals surface area contributed by atoms with Crippen LogP contribution in [0.5, 0.6) is 0 Å². The molecule has 2 aromatic heterocycles. The van der Waals surface area contributed by atoms with Crippen molar-refractivity contribution in [1.82, 2.24) is 24.4 Å². The summed E-state index contributed by atoms with van der Waals surface area (Å²) < 4.78 is 15.7. The lowest BCUT2D eigenvalue weighted by atomic mass is 10.0. The fourth-order valence-corrected chi connectivity index (χ4v) is 4.55. The molecule has 9 heteroatoms. The number of likely N-dealkylation sites (tertiary alicyclic amines) is 1. The molecule has 0 bridgehead atoms. The van der Waals surface area contributed by atoms with Crippen molar-refractivity contribution in [2.24, 2.45) is 0 Å². The van der Waals surface area contributed by atoms with Crippen LogP contribution in [0, 0.1) is 5.82 Å². The average molecular weight is 473 g/mol. The highest BCUT2D eigenvalue weighted by molar-refractivity contribution is 5.81. The Morgan fingerprint density at radius 3 is 2.49 bits per heavy atom. The lowest BCUT2D eigenvalue weighted by Gasteiger charge is -2.33. The van der Waals surface area contributed by atoms with Crippen molar-refractivity contribution < 1.29 is 14.3 Å². The van der Waals surface area contributed by atoms with Crippen LogP contribution in [0.3, 0.4) is 0 Å². The van der Waals surface area contributed by atoms with Crippen LogP contribution in [0.1, 0.15) is 24.4 Å². The van der Waals surface area contributed by atoms with E-state index in [0.29, 0.717) is 11.4 Å². The fourth-order valence-electron chi connectivity index (χ4n) is 4.55. The van der Waals surface area contributed by atoms with Gasteiger partial charge in [0.2, 0.25) is 5.95 Å². The Balaban J connectivity index is 1.45. The lowest BCUT2D eigenvalue weighted by molar-refractivity contribution is 0.180. The Bertz CT molecular complexity index is 1300. The number of nitrogens with one attached hydrogen (secondary N) is 1. The van der Waals surface area contributed by atoms with Crippen LogP contribution in [0.25, 0.3) is 22.6 Å². The summed E-state index contributed by atoms with van der Waals surface area (Å²) in [6, 6.07) is 18.5. The molecule has 0 saturated carbocycles. The first-order valence-corrected chi connectivity index (χ1v) is 11.5. The predicted octanol–water partition coefficient (Wildman–Crippen LogP) is 5.07. The van der Waals surface area contributed by atoms with Gasteiger partial charge in [0.25, 0.3) is 0 Å². The zero-order chi connectivity index (χ0) is 24.2. The van der Waals surface area contributed by atoms with Gasteiger partial charge in [-0.15, -0.1) is 0 Å². The van der Waals surface area contributed by atoms with E-state index in [1.807, 2.05) is 6.07 Å². The van der Waals surface area contributed by atoms with Gasteiger partial charge in [-0.1, -0.05) is 30.3 Å². The van der Waals surface area contributed by atoms with E-state index in [1.165, 1.54) is 23.9 Å². The first kappa shape index (κ1) is 22.7. The number of amides is 1. The van der Waals surface area contributed by atoms with Crippen LogP contribution >= 0.6 is 0 Å². The number of imidazole rings is 1. The maximum absolute atomic E-state index is 13.6. The Morgan fingerprint density at radius 1 is 1.03 bits per heavy atom. The number of nitrogens with zero attached hydrogens (tertiary/aromatic N) is 5. The van der Waals surface area contributed by atoms with E-state index in [2.05, 4.69) is 54.0 Å². The van der Waals surface area contributed by atoms with E-state index in [1.54, 1.807) is 24.5 Å². The highest BCUT2D eigenvalue weighted by Crippen LogP contribution is 2.35. The third-order valence-corrected chi connectivity index (χ3v) is 6.23. The van der Waals surface area contributed by atoms with E-state index in [-0.39, 0.29) is 17.8 Å². The molecule has 2 N–H and O–H groups in total. The van der Waals surface area contributed by atoms with Gasteiger partial charge in [-0.05, 0) is 48.7 Å². The molecule has 4 aromatic rings. The Labute approximate surface area is 202 Å². The summed E-state index contributed by atoms with van der Waals surface area (Å²) in [6.07, 6.45) is 3.95. The van der Waals surface area contributed by atoms with Gasteiger partial charge in [-0.25, -0.2) is 24.1 Å². The monoisotopic (exact) mass is 472 g/mol. The molecule has 1 aliphatic rings. The maximum Gasteiger partial charge on any atom is 0.411 e. The van der Waals surface area contributed by atoms with Gasteiger partial charge in [0, 0.05) is 37.4 Å². The largest absolute Gasteiger partial charge is 0.465 e. The molecule has 1 aliphatic heterocycles. The predicted molar refractivity (Wildman–Crippen MR) is 130 cm³/mol. The number of rotatable bonds is 6. The number of piperidine rings is 1. The normalized spacial score (nSPS) is 14.7. The minimum Gasteiger partial charge on any atom is -0.465 e. The van der Waals surface area contributed by atoms with E-state index < -0.39 is 6.09 Å². The topological polar surface area (TPSA) is 96.2 Å². The van der Waals surface area contributed by atoms with Crippen molar-refractivity contribution >= 4 is 12.0 Å². The number of halogens is 1. The quantitative estimate of drug-likeness (QED) is 0.407. The minimum absolute atomic E-state index is 0.00881. The summed E-state index contributed by atoms with van der Waals surface area (Å²) in [4.78, 5) is 26.7. The van der Waals surface area contributed by atoms with E-state index in [0.717, 1.165) is 43.7 Å². The molecule has 5 rings (SSSR count). The van der Waals surface area contributed by atoms with Crippen molar-refractivity contribution in [2.75, 3.05) is 18.4 Å². The molecule has 1 fully saturated rings. The second-order valence-electron chi connectivity index (χ2n) is 8.54. The Hall–Kier alpha value is -4.11. The molecule has 3 heterocycles. The van der Waals surface area contributed by atoms with Crippen molar-refractivity contribution in [3.05, 3.63) is 84.6 Å². The summed E-state index contributed by atoms with van der Waals surface area (Å²) in [5, 5.41) is 11.3. The van der Waals surface area contributed by atoms with Crippen LogP contribution in [-0.4, -0.2) is 48.7 Å². The number of anilines is 1. The highest BCUT2D eigenvalue weighted by Gasteiger charge is 2.26.